The fraction of sp³-hybridized carbons (Fsp3) is 0.130. The Labute approximate surface area is 180 Å². The van der Waals surface area contributed by atoms with Crippen molar-refractivity contribution in [2.45, 2.75) is 11.8 Å². The molecule has 3 rings (SSSR count). The summed E-state index contributed by atoms with van der Waals surface area (Å²) >= 11 is 0.951. The maximum Gasteiger partial charge on any atom is 0.264 e. The summed E-state index contributed by atoms with van der Waals surface area (Å²) in [5.74, 6) is -0.111. The van der Waals surface area contributed by atoms with Crippen LogP contribution in [0.2, 0.25) is 0 Å². The number of carbonyl (C=O) groups is 2. The normalized spacial score (nSPS) is 11.1. The Morgan fingerprint density at radius 2 is 1.40 bits per heavy atom. The van der Waals surface area contributed by atoms with Gasteiger partial charge >= 0.3 is 0 Å². The maximum absolute atomic E-state index is 13.0. The van der Waals surface area contributed by atoms with Crippen molar-refractivity contribution in [3.8, 4) is 11.1 Å². The fourth-order valence-corrected chi connectivity index (χ4v) is 4.55. The van der Waals surface area contributed by atoms with Crippen LogP contribution in [-0.2, 0) is 14.8 Å². The molecule has 0 N–H and O–H groups in total. The van der Waals surface area contributed by atoms with E-state index >= 15 is 0 Å². The molecule has 0 aliphatic carbocycles. The monoisotopic (exact) mass is 439 g/mol. The van der Waals surface area contributed by atoms with Gasteiger partial charge in [-0.2, -0.15) is 0 Å². The summed E-state index contributed by atoms with van der Waals surface area (Å²) in [5.41, 5.74) is 2.82. The number of rotatable bonds is 7. The van der Waals surface area contributed by atoms with Gasteiger partial charge in [0.25, 0.3) is 10.0 Å². The van der Waals surface area contributed by atoms with Crippen molar-refractivity contribution < 1.29 is 18.0 Å². The molecule has 0 fully saturated rings. The number of carbonyl (C=O) groups excluding carboxylic acids is 2. The van der Waals surface area contributed by atoms with Crippen LogP contribution in [0.1, 0.15) is 17.3 Å². The molecule has 0 aromatic heterocycles. The molecule has 0 atom stereocenters. The lowest BCUT2D eigenvalue weighted by atomic mass is 10.1. The highest BCUT2D eigenvalue weighted by molar-refractivity contribution is 8.14. The van der Waals surface area contributed by atoms with Crippen molar-refractivity contribution in [2.24, 2.45) is 0 Å². The van der Waals surface area contributed by atoms with E-state index in [4.69, 9.17) is 0 Å². The summed E-state index contributed by atoms with van der Waals surface area (Å²) in [5, 5.41) is -0.121. The lowest BCUT2D eigenvalue weighted by molar-refractivity contribution is -0.109. The number of anilines is 1. The predicted molar refractivity (Wildman–Crippen MR) is 121 cm³/mol. The quantitative estimate of drug-likeness (QED) is 0.502. The number of ketones is 1. The predicted octanol–water partition coefficient (Wildman–Crippen LogP) is 4.64. The second-order valence-electron chi connectivity index (χ2n) is 6.61. The first kappa shape index (κ1) is 21.8. The van der Waals surface area contributed by atoms with Gasteiger partial charge in [0, 0.05) is 19.5 Å². The van der Waals surface area contributed by atoms with E-state index in [-0.39, 0.29) is 21.5 Å². The van der Waals surface area contributed by atoms with Crippen LogP contribution in [0.4, 0.5) is 5.69 Å². The number of sulfonamides is 1. The van der Waals surface area contributed by atoms with E-state index in [0.29, 0.717) is 11.3 Å². The summed E-state index contributed by atoms with van der Waals surface area (Å²) < 4.78 is 27.2. The van der Waals surface area contributed by atoms with E-state index in [9.17, 15) is 18.0 Å². The molecular weight excluding hydrogens is 418 g/mol. The van der Waals surface area contributed by atoms with Crippen LogP contribution >= 0.6 is 11.8 Å². The molecule has 0 amide bonds. The molecule has 5 nitrogen and oxygen atoms in total. The third kappa shape index (κ3) is 4.98. The number of nitrogens with zero attached hydrogens (tertiary/aromatic N) is 1. The second-order valence-corrected chi connectivity index (χ2v) is 9.73. The van der Waals surface area contributed by atoms with Crippen LogP contribution < -0.4 is 4.31 Å². The number of thioether (sulfide) groups is 1. The molecular formula is C23H21NO4S2. The molecule has 7 heteroatoms. The fourth-order valence-electron chi connectivity index (χ4n) is 2.85. The van der Waals surface area contributed by atoms with Gasteiger partial charge in [-0.15, -0.1) is 0 Å². The van der Waals surface area contributed by atoms with Gasteiger partial charge in [-0.3, -0.25) is 13.9 Å². The molecule has 0 bridgehead atoms. The number of Topliss-reactive ketones (excluding diaryl/α,β-unsaturated/α-hetero) is 1. The summed E-state index contributed by atoms with van der Waals surface area (Å²) in [6.45, 7) is 1.41. The summed E-state index contributed by atoms with van der Waals surface area (Å²) in [4.78, 5) is 23.3. The van der Waals surface area contributed by atoms with Gasteiger partial charge in [0.2, 0.25) is 0 Å². The average molecular weight is 440 g/mol. The molecule has 3 aromatic carbocycles. The molecule has 0 saturated carbocycles. The van der Waals surface area contributed by atoms with E-state index in [1.165, 1.54) is 18.3 Å². The molecule has 0 aliphatic heterocycles. The van der Waals surface area contributed by atoms with E-state index < -0.39 is 10.0 Å². The van der Waals surface area contributed by atoms with Crippen molar-refractivity contribution >= 4 is 38.4 Å². The lowest BCUT2D eigenvalue weighted by Crippen LogP contribution is -2.26. The second kappa shape index (κ2) is 9.28. The Kier molecular flexibility index (Phi) is 6.74. The SMILES string of the molecule is CC(=O)SCC(=O)c1ccc(N(C)S(=O)(=O)c2ccc(-c3ccccc3)cc2)cc1. The standard InChI is InChI=1S/C23H21NO4S2/c1-17(25)29-16-23(26)20-8-12-21(13-9-20)24(2)30(27,28)22-14-10-19(11-15-22)18-6-4-3-5-7-18/h3-15H,16H2,1-2H3. The lowest BCUT2D eigenvalue weighted by Gasteiger charge is -2.20. The zero-order valence-corrected chi connectivity index (χ0v) is 18.2. The van der Waals surface area contributed by atoms with Crippen molar-refractivity contribution in [3.05, 3.63) is 84.4 Å². The molecule has 0 spiro atoms. The van der Waals surface area contributed by atoms with Gasteiger partial charge in [0.05, 0.1) is 16.3 Å². The highest BCUT2D eigenvalue weighted by Gasteiger charge is 2.21. The Balaban J connectivity index is 1.77. The minimum absolute atomic E-state index is 0.0661. The van der Waals surface area contributed by atoms with E-state index in [1.54, 1.807) is 48.5 Å². The number of hydrogen-bond donors (Lipinski definition) is 0. The number of hydrogen-bond acceptors (Lipinski definition) is 5. The summed E-state index contributed by atoms with van der Waals surface area (Å²) in [6.07, 6.45) is 0. The van der Waals surface area contributed by atoms with E-state index in [1.807, 2.05) is 30.3 Å². The Morgan fingerprint density at radius 3 is 1.97 bits per heavy atom. The number of benzene rings is 3. The first-order valence-corrected chi connectivity index (χ1v) is 11.6. The topological polar surface area (TPSA) is 71.5 Å². The van der Waals surface area contributed by atoms with Crippen LogP contribution in [-0.4, -0.2) is 32.1 Å². The average Bonchev–Trinajstić information content (AvgIpc) is 2.77. The van der Waals surface area contributed by atoms with Crippen molar-refractivity contribution in [2.75, 3.05) is 17.1 Å². The first-order valence-electron chi connectivity index (χ1n) is 9.20. The van der Waals surface area contributed by atoms with Gasteiger partial charge < -0.3 is 0 Å². The van der Waals surface area contributed by atoms with E-state index in [2.05, 4.69) is 0 Å². The largest absolute Gasteiger partial charge is 0.293 e. The van der Waals surface area contributed by atoms with Gasteiger partial charge in [0.1, 0.15) is 0 Å². The minimum atomic E-state index is -3.75. The van der Waals surface area contributed by atoms with Crippen LogP contribution in [0.25, 0.3) is 11.1 Å². The summed E-state index contributed by atoms with van der Waals surface area (Å²) in [7, 11) is -2.27. The molecule has 3 aromatic rings. The molecule has 154 valence electrons. The third-order valence-corrected chi connectivity index (χ3v) is 7.19. The molecule has 0 radical (unpaired) electrons. The third-order valence-electron chi connectivity index (χ3n) is 4.58. The van der Waals surface area contributed by atoms with Crippen molar-refractivity contribution in [3.63, 3.8) is 0 Å². The highest BCUT2D eigenvalue weighted by Crippen LogP contribution is 2.25. The Bertz CT molecular complexity index is 1140. The molecule has 0 aliphatic rings. The highest BCUT2D eigenvalue weighted by atomic mass is 32.2. The van der Waals surface area contributed by atoms with Crippen LogP contribution in [0, 0.1) is 0 Å². The first-order chi connectivity index (χ1) is 14.3. The van der Waals surface area contributed by atoms with E-state index in [0.717, 1.165) is 22.9 Å². The Morgan fingerprint density at radius 1 is 0.833 bits per heavy atom. The van der Waals surface area contributed by atoms with Crippen LogP contribution in [0.5, 0.6) is 0 Å². The Hall–Kier alpha value is -2.90. The van der Waals surface area contributed by atoms with Crippen LogP contribution in [0.15, 0.2) is 83.8 Å². The van der Waals surface area contributed by atoms with Crippen molar-refractivity contribution in [1.29, 1.82) is 0 Å². The minimum Gasteiger partial charge on any atom is -0.293 e. The molecule has 30 heavy (non-hydrogen) atoms. The molecule has 0 heterocycles. The zero-order valence-electron chi connectivity index (χ0n) is 16.6. The summed E-state index contributed by atoms with van der Waals surface area (Å²) in [6, 6.07) is 22.8. The zero-order chi connectivity index (χ0) is 21.7. The van der Waals surface area contributed by atoms with Gasteiger partial charge in [-0.05, 0) is 47.5 Å². The van der Waals surface area contributed by atoms with Gasteiger partial charge in [-0.1, -0.05) is 54.2 Å². The van der Waals surface area contributed by atoms with Gasteiger partial charge in [0.15, 0.2) is 10.9 Å². The molecule has 0 saturated heterocycles. The molecule has 0 unspecified atom stereocenters. The van der Waals surface area contributed by atoms with Crippen LogP contribution in [0.3, 0.4) is 0 Å². The maximum atomic E-state index is 13.0. The van der Waals surface area contributed by atoms with Gasteiger partial charge in [-0.25, -0.2) is 8.42 Å². The van der Waals surface area contributed by atoms with Crippen molar-refractivity contribution in [1.82, 2.24) is 0 Å². The smallest absolute Gasteiger partial charge is 0.264 e.